The van der Waals surface area contributed by atoms with Crippen molar-refractivity contribution in [2.75, 3.05) is 0 Å². The van der Waals surface area contributed by atoms with Gasteiger partial charge in [0.05, 0.1) is 11.7 Å². The number of carbonyl (C=O) groups excluding carboxylic acids is 1. The predicted molar refractivity (Wildman–Crippen MR) is 80.0 cm³/mol. The number of amides is 1. The second-order valence-corrected chi connectivity index (χ2v) is 6.07. The lowest BCUT2D eigenvalue weighted by molar-refractivity contribution is -0.140. The van der Waals surface area contributed by atoms with Crippen molar-refractivity contribution in [1.82, 2.24) is 20.1 Å². The van der Waals surface area contributed by atoms with Crippen LogP contribution in [0.1, 0.15) is 41.5 Å². The van der Waals surface area contributed by atoms with Gasteiger partial charge in [-0.25, -0.2) is 4.98 Å². The fourth-order valence-corrected chi connectivity index (χ4v) is 3.09. The van der Waals surface area contributed by atoms with E-state index < -0.39 is 17.9 Å². The number of hydrogen-bond donors (Lipinski definition) is 1. The van der Waals surface area contributed by atoms with Gasteiger partial charge in [-0.15, -0.1) is 11.3 Å². The zero-order valence-electron chi connectivity index (χ0n) is 12.9. The minimum Gasteiger partial charge on any atom is -0.345 e. The number of thiazole rings is 1. The Bertz CT molecular complexity index is 692. The van der Waals surface area contributed by atoms with Crippen molar-refractivity contribution in [3.8, 4) is 0 Å². The molecule has 0 aromatic carbocycles. The molecule has 0 saturated heterocycles. The lowest BCUT2D eigenvalue weighted by Gasteiger charge is -2.15. The van der Waals surface area contributed by atoms with Crippen molar-refractivity contribution in [2.24, 2.45) is 0 Å². The summed E-state index contributed by atoms with van der Waals surface area (Å²) >= 11 is 0.896. The summed E-state index contributed by atoms with van der Waals surface area (Å²) in [5.74, 6) is -0.313. The lowest BCUT2D eigenvalue weighted by Crippen LogP contribution is -2.32. The Morgan fingerprint density at radius 1 is 1.43 bits per heavy atom. The summed E-state index contributed by atoms with van der Waals surface area (Å²) < 4.78 is 39.4. The lowest BCUT2D eigenvalue weighted by atomic mass is 10.2. The van der Waals surface area contributed by atoms with E-state index in [1.54, 1.807) is 11.6 Å². The summed E-state index contributed by atoms with van der Waals surface area (Å²) in [6.07, 6.45) is -4.02. The molecule has 2 heterocycles. The molecule has 0 aliphatic heterocycles. The Labute approximate surface area is 135 Å². The molecular weight excluding hydrogens is 329 g/mol. The monoisotopic (exact) mass is 346 g/mol. The van der Waals surface area contributed by atoms with Crippen LogP contribution in [-0.2, 0) is 17.5 Å². The summed E-state index contributed by atoms with van der Waals surface area (Å²) in [6, 6.07) is 1.31. The molecule has 0 unspecified atom stereocenters. The number of hydrogen-bond acceptors (Lipinski definition) is 4. The Kier molecular flexibility index (Phi) is 5.08. The van der Waals surface area contributed by atoms with Gasteiger partial charge >= 0.3 is 6.18 Å². The predicted octanol–water partition coefficient (Wildman–Crippen LogP) is 3.24. The van der Waals surface area contributed by atoms with Gasteiger partial charge in [0.1, 0.15) is 11.6 Å². The summed E-state index contributed by atoms with van der Waals surface area (Å²) in [4.78, 5) is 15.7. The van der Waals surface area contributed by atoms with Crippen molar-refractivity contribution in [2.45, 2.75) is 46.0 Å². The Morgan fingerprint density at radius 2 is 2.13 bits per heavy atom. The van der Waals surface area contributed by atoms with Gasteiger partial charge in [-0.2, -0.15) is 18.3 Å². The van der Waals surface area contributed by atoms with Crippen molar-refractivity contribution in [3.05, 3.63) is 33.5 Å². The van der Waals surface area contributed by atoms with Crippen molar-refractivity contribution >= 4 is 17.2 Å². The number of carbonyl (C=O) groups is 1. The maximum Gasteiger partial charge on any atom is 0.434 e. The van der Waals surface area contributed by atoms with E-state index in [0.29, 0.717) is 6.42 Å². The summed E-state index contributed by atoms with van der Waals surface area (Å²) in [5.41, 5.74) is 0.722. The maximum absolute atomic E-state index is 12.6. The van der Waals surface area contributed by atoms with Gasteiger partial charge in [0.25, 0.3) is 0 Å². The van der Waals surface area contributed by atoms with Gasteiger partial charge in [-0.3, -0.25) is 9.48 Å². The molecule has 2 aromatic heterocycles. The Hall–Kier alpha value is -1.90. The second-order valence-electron chi connectivity index (χ2n) is 5.18. The smallest absolute Gasteiger partial charge is 0.345 e. The first-order chi connectivity index (χ1) is 10.7. The molecule has 0 spiro atoms. The molecule has 0 aliphatic carbocycles. The zero-order valence-corrected chi connectivity index (χ0v) is 13.8. The third-order valence-electron chi connectivity index (χ3n) is 3.25. The number of nitrogens with zero attached hydrogens (tertiary/aromatic N) is 3. The molecular formula is C14H17F3N4OS. The number of alkyl halides is 3. The van der Waals surface area contributed by atoms with Gasteiger partial charge in [-0.1, -0.05) is 6.92 Å². The average Bonchev–Trinajstić information content (AvgIpc) is 3.03. The number of rotatable bonds is 5. The molecule has 23 heavy (non-hydrogen) atoms. The zero-order chi connectivity index (χ0) is 17.2. The summed E-state index contributed by atoms with van der Waals surface area (Å²) in [7, 11) is 0. The molecule has 0 fully saturated rings. The molecule has 1 atom stereocenters. The first-order valence-electron chi connectivity index (χ1n) is 7.03. The largest absolute Gasteiger partial charge is 0.434 e. The van der Waals surface area contributed by atoms with Crippen LogP contribution >= 0.6 is 11.3 Å². The maximum atomic E-state index is 12.6. The molecule has 126 valence electrons. The average molecular weight is 346 g/mol. The molecule has 0 saturated carbocycles. The van der Waals surface area contributed by atoms with E-state index in [0.717, 1.165) is 28.1 Å². The standard InChI is InChI=1S/C14H17F3N4OS/c1-4-10(13-19-11(7-23-13)14(15,16)17)18-12(22)6-21-9(3)5-8(2)20-21/h5,7,10H,4,6H2,1-3H3,(H,18,22)/t10-/m1/s1. The molecule has 1 N–H and O–H groups in total. The number of halogens is 3. The minimum absolute atomic E-state index is 0.0215. The van der Waals surface area contributed by atoms with Gasteiger partial charge in [0.15, 0.2) is 5.69 Å². The summed E-state index contributed by atoms with van der Waals surface area (Å²) in [6.45, 7) is 5.46. The molecule has 1 amide bonds. The van der Waals surface area contributed by atoms with E-state index in [1.165, 1.54) is 0 Å². The van der Waals surface area contributed by atoms with E-state index in [9.17, 15) is 18.0 Å². The van der Waals surface area contributed by atoms with Crippen LogP contribution in [0.5, 0.6) is 0 Å². The van der Waals surface area contributed by atoms with Crippen LogP contribution in [0.25, 0.3) is 0 Å². The van der Waals surface area contributed by atoms with Gasteiger partial charge in [0.2, 0.25) is 5.91 Å². The highest BCUT2D eigenvalue weighted by Crippen LogP contribution is 2.32. The molecule has 0 bridgehead atoms. The topological polar surface area (TPSA) is 59.8 Å². The van der Waals surface area contributed by atoms with Crippen LogP contribution in [0.3, 0.4) is 0 Å². The molecule has 2 rings (SSSR count). The van der Waals surface area contributed by atoms with Crippen LogP contribution in [0.15, 0.2) is 11.4 Å². The normalized spacial score (nSPS) is 13.1. The highest BCUT2D eigenvalue weighted by molar-refractivity contribution is 7.09. The molecule has 9 heteroatoms. The number of aromatic nitrogens is 3. The van der Waals surface area contributed by atoms with Crippen molar-refractivity contribution in [1.29, 1.82) is 0 Å². The molecule has 5 nitrogen and oxygen atoms in total. The summed E-state index contributed by atoms with van der Waals surface area (Å²) in [5, 5.41) is 8.11. The SMILES string of the molecule is CC[C@@H](NC(=O)Cn1nc(C)cc1C)c1nc(C(F)(F)F)cs1. The van der Waals surface area contributed by atoms with E-state index in [-0.39, 0.29) is 17.5 Å². The third-order valence-corrected chi connectivity index (χ3v) is 4.21. The van der Waals surface area contributed by atoms with Crippen LogP contribution in [-0.4, -0.2) is 20.7 Å². The van der Waals surface area contributed by atoms with E-state index in [1.807, 2.05) is 19.9 Å². The van der Waals surface area contributed by atoms with Crippen LogP contribution in [0, 0.1) is 13.8 Å². The van der Waals surface area contributed by atoms with Gasteiger partial charge in [-0.05, 0) is 26.3 Å². The van der Waals surface area contributed by atoms with Crippen molar-refractivity contribution < 1.29 is 18.0 Å². The fourth-order valence-electron chi connectivity index (χ4n) is 2.13. The van der Waals surface area contributed by atoms with Gasteiger partial charge in [0, 0.05) is 11.1 Å². The molecule has 0 radical (unpaired) electrons. The van der Waals surface area contributed by atoms with E-state index in [4.69, 9.17) is 0 Å². The Balaban J connectivity index is 2.05. The quantitative estimate of drug-likeness (QED) is 0.904. The fraction of sp³-hybridized carbons (Fsp3) is 0.500. The first-order valence-corrected chi connectivity index (χ1v) is 7.91. The third kappa shape index (κ3) is 4.31. The highest BCUT2D eigenvalue weighted by atomic mass is 32.1. The van der Waals surface area contributed by atoms with E-state index >= 15 is 0 Å². The molecule has 0 aliphatic rings. The highest BCUT2D eigenvalue weighted by Gasteiger charge is 2.34. The first kappa shape index (κ1) is 17.5. The van der Waals surface area contributed by atoms with Gasteiger partial charge < -0.3 is 5.32 Å². The number of nitrogens with one attached hydrogen (secondary N) is 1. The minimum atomic E-state index is -4.47. The van der Waals surface area contributed by atoms with E-state index in [2.05, 4.69) is 15.4 Å². The van der Waals surface area contributed by atoms with Crippen LogP contribution in [0.2, 0.25) is 0 Å². The molecule has 2 aromatic rings. The van der Waals surface area contributed by atoms with Crippen molar-refractivity contribution in [3.63, 3.8) is 0 Å². The van der Waals surface area contributed by atoms with Crippen LogP contribution in [0.4, 0.5) is 13.2 Å². The van der Waals surface area contributed by atoms with Crippen LogP contribution < -0.4 is 5.32 Å². The Morgan fingerprint density at radius 3 is 2.61 bits per heavy atom. The second kappa shape index (κ2) is 6.69. The number of aryl methyl sites for hydroxylation is 2.